The predicted octanol–water partition coefficient (Wildman–Crippen LogP) is 0.887. The van der Waals surface area contributed by atoms with Crippen LogP contribution in [-0.4, -0.2) is 17.6 Å². The van der Waals surface area contributed by atoms with Gasteiger partial charge in [-0.05, 0) is 31.4 Å². The second-order valence-corrected chi connectivity index (χ2v) is 2.86. The summed E-state index contributed by atoms with van der Waals surface area (Å²) in [5, 5.41) is 0. The first-order valence-electron chi connectivity index (χ1n) is 4.55. The Hall–Kier alpha value is -2.02. The van der Waals surface area contributed by atoms with Gasteiger partial charge in [0, 0.05) is 12.1 Å². The van der Waals surface area contributed by atoms with Gasteiger partial charge in [0.05, 0.1) is 12.3 Å². The molecule has 0 bridgehead atoms. The summed E-state index contributed by atoms with van der Waals surface area (Å²) in [7, 11) is 0. The van der Waals surface area contributed by atoms with Gasteiger partial charge in [-0.15, -0.1) is 0 Å². The van der Waals surface area contributed by atoms with Crippen LogP contribution in [0.4, 0.5) is 5.69 Å². The molecule has 1 rings (SSSR count). The first-order valence-corrected chi connectivity index (χ1v) is 4.55. The number of pyridine rings is 1. The van der Waals surface area contributed by atoms with Gasteiger partial charge in [-0.1, -0.05) is 0 Å². The van der Waals surface area contributed by atoms with Crippen molar-refractivity contribution in [3.05, 3.63) is 23.5 Å². The lowest BCUT2D eigenvalue weighted by molar-refractivity contribution is -0.136. The number of aryl methyl sites for hydroxylation is 1. The number of hydrogen-bond donors (Lipinski definition) is 1. The molecule has 0 saturated carbocycles. The lowest BCUT2D eigenvalue weighted by atomic mass is 10.2. The Morgan fingerprint density at radius 2 is 2.40 bits per heavy atom. The summed E-state index contributed by atoms with van der Waals surface area (Å²) in [6, 6.07) is 1.78. The van der Waals surface area contributed by atoms with Gasteiger partial charge < -0.3 is 10.5 Å². The van der Waals surface area contributed by atoms with Crippen LogP contribution in [0.15, 0.2) is 12.3 Å². The summed E-state index contributed by atoms with van der Waals surface area (Å²) in [6.07, 6.45) is 1.60. The summed E-state index contributed by atoms with van der Waals surface area (Å²) in [4.78, 5) is 14.9. The van der Waals surface area contributed by atoms with Crippen LogP contribution in [0.1, 0.15) is 18.2 Å². The summed E-state index contributed by atoms with van der Waals surface area (Å²) >= 11 is 0. The van der Waals surface area contributed by atoms with E-state index >= 15 is 0 Å². The number of nitrogens with zero attached hydrogens (tertiary/aromatic N) is 1. The van der Waals surface area contributed by atoms with Gasteiger partial charge in [0.2, 0.25) is 0 Å². The van der Waals surface area contributed by atoms with E-state index in [0.717, 1.165) is 5.56 Å². The van der Waals surface area contributed by atoms with E-state index in [4.69, 9.17) is 5.73 Å². The van der Waals surface area contributed by atoms with Crippen LogP contribution in [0.25, 0.3) is 0 Å². The molecule has 1 heterocycles. The highest BCUT2D eigenvalue weighted by molar-refractivity contribution is 5.89. The molecular formula is C11H12N2O2. The molecule has 0 aromatic carbocycles. The standard InChI is InChI=1S/C11H12N2O2/c1-3-15-10(14)5-4-9-11(12)8(2)6-7-13-9/h6-7H,3,12H2,1-2H3. The zero-order valence-electron chi connectivity index (χ0n) is 8.70. The van der Waals surface area contributed by atoms with Crippen LogP contribution in [-0.2, 0) is 9.53 Å². The number of esters is 1. The second kappa shape index (κ2) is 5.01. The SMILES string of the molecule is CCOC(=O)C#Cc1nccc(C)c1N. The number of anilines is 1. The number of aromatic nitrogens is 1. The fourth-order valence-corrected chi connectivity index (χ4v) is 0.947. The third-order valence-corrected chi connectivity index (χ3v) is 1.77. The monoisotopic (exact) mass is 204 g/mol. The van der Waals surface area contributed by atoms with Gasteiger partial charge in [0.15, 0.2) is 0 Å². The lowest BCUT2D eigenvalue weighted by Crippen LogP contribution is -2.01. The van der Waals surface area contributed by atoms with Crippen LogP contribution in [0.3, 0.4) is 0 Å². The predicted molar refractivity (Wildman–Crippen MR) is 56.9 cm³/mol. The van der Waals surface area contributed by atoms with E-state index in [1.807, 2.05) is 6.92 Å². The third-order valence-electron chi connectivity index (χ3n) is 1.77. The smallest absolute Gasteiger partial charge is 0.384 e. The van der Waals surface area contributed by atoms with Gasteiger partial charge in [0.1, 0.15) is 5.69 Å². The van der Waals surface area contributed by atoms with Crippen molar-refractivity contribution in [2.24, 2.45) is 0 Å². The first-order chi connectivity index (χ1) is 7.15. The molecule has 15 heavy (non-hydrogen) atoms. The quantitative estimate of drug-likeness (QED) is 0.545. The van der Waals surface area contributed by atoms with Crippen molar-refractivity contribution in [1.29, 1.82) is 0 Å². The topological polar surface area (TPSA) is 65.2 Å². The number of carbonyl (C=O) groups is 1. The minimum absolute atomic E-state index is 0.310. The van der Waals surface area contributed by atoms with Gasteiger partial charge in [-0.25, -0.2) is 9.78 Å². The van der Waals surface area contributed by atoms with E-state index < -0.39 is 5.97 Å². The molecule has 0 aliphatic rings. The van der Waals surface area contributed by atoms with Crippen LogP contribution >= 0.6 is 0 Å². The van der Waals surface area contributed by atoms with E-state index in [1.165, 1.54) is 0 Å². The fourth-order valence-electron chi connectivity index (χ4n) is 0.947. The van der Waals surface area contributed by atoms with Crippen molar-refractivity contribution in [2.75, 3.05) is 12.3 Å². The number of hydrogen-bond acceptors (Lipinski definition) is 4. The van der Waals surface area contributed by atoms with E-state index in [2.05, 4.69) is 21.6 Å². The lowest BCUT2D eigenvalue weighted by Gasteiger charge is -1.99. The van der Waals surface area contributed by atoms with Crippen LogP contribution in [0, 0.1) is 18.8 Å². The van der Waals surface area contributed by atoms with Crippen molar-refractivity contribution >= 4 is 11.7 Å². The van der Waals surface area contributed by atoms with Gasteiger partial charge >= 0.3 is 5.97 Å². The number of carbonyl (C=O) groups excluding carboxylic acids is 1. The molecule has 4 nitrogen and oxygen atoms in total. The highest BCUT2D eigenvalue weighted by atomic mass is 16.5. The molecule has 0 fully saturated rings. The number of rotatable bonds is 1. The molecule has 78 valence electrons. The minimum atomic E-state index is -0.569. The van der Waals surface area contributed by atoms with Crippen molar-refractivity contribution in [3.63, 3.8) is 0 Å². The maximum Gasteiger partial charge on any atom is 0.384 e. The molecule has 0 radical (unpaired) electrons. The molecule has 0 saturated heterocycles. The van der Waals surface area contributed by atoms with Gasteiger partial charge in [-0.3, -0.25) is 0 Å². The first kappa shape index (κ1) is 11.1. The third kappa shape index (κ3) is 2.99. The maximum atomic E-state index is 10.9. The average molecular weight is 204 g/mol. The Balaban J connectivity index is 2.89. The number of ether oxygens (including phenoxy) is 1. The van der Waals surface area contributed by atoms with Crippen LogP contribution < -0.4 is 5.73 Å². The zero-order chi connectivity index (χ0) is 11.3. The molecule has 0 aliphatic heterocycles. The van der Waals surface area contributed by atoms with Crippen LogP contribution in [0.5, 0.6) is 0 Å². The molecule has 0 amide bonds. The molecule has 0 aliphatic carbocycles. The van der Waals surface area contributed by atoms with E-state index in [9.17, 15) is 4.79 Å². The van der Waals surface area contributed by atoms with Gasteiger partial charge in [-0.2, -0.15) is 0 Å². The normalized spacial score (nSPS) is 8.93. The van der Waals surface area contributed by atoms with Gasteiger partial charge in [0.25, 0.3) is 0 Å². The average Bonchev–Trinajstić information content (AvgIpc) is 2.21. The maximum absolute atomic E-state index is 10.9. The van der Waals surface area contributed by atoms with Crippen molar-refractivity contribution < 1.29 is 9.53 Å². The molecule has 0 unspecified atom stereocenters. The summed E-state index contributed by atoms with van der Waals surface area (Å²) in [6.45, 7) is 3.88. The Morgan fingerprint density at radius 3 is 3.07 bits per heavy atom. The zero-order valence-corrected chi connectivity index (χ0v) is 8.70. The summed E-state index contributed by atoms with van der Waals surface area (Å²) in [5.74, 6) is 4.32. The molecule has 0 atom stereocenters. The van der Waals surface area contributed by atoms with Crippen molar-refractivity contribution in [2.45, 2.75) is 13.8 Å². The van der Waals surface area contributed by atoms with E-state index in [-0.39, 0.29) is 0 Å². The molecule has 0 spiro atoms. The largest absolute Gasteiger partial charge is 0.456 e. The number of nitrogens with two attached hydrogens (primary N) is 1. The summed E-state index contributed by atoms with van der Waals surface area (Å²) in [5.41, 5.74) is 7.51. The molecule has 2 N–H and O–H groups in total. The molecular weight excluding hydrogens is 192 g/mol. The number of nitrogen functional groups attached to an aromatic ring is 1. The Bertz CT molecular complexity index is 430. The molecule has 4 heteroatoms. The van der Waals surface area contributed by atoms with Crippen LogP contribution in [0.2, 0.25) is 0 Å². The molecule has 1 aromatic rings. The van der Waals surface area contributed by atoms with E-state index in [0.29, 0.717) is 18.0 Å². The minimum Gasteiger partial charge on any atom is -0.456 e. The molecule has 1 aromatic heterocycles. The Labute approximate surface area is 88.5 Å². The Kier molecular flexibility index (Phi) is 3.69. The van der Waals surface area contributed by atoms with Crippen molar-refractivity contribution in [1.82, 2.24) is 4.98 Å². The fraction of sp³-hybridized carbons (Fsp3) is 0.273. The second-order valence-electron chi connectivity index (χ2n) is 2.86. The summed E-state index contributed by atoms with van der Waals surface area (Å²) < 4.78 is 4.65. The van der Waals surface area contributed by atoms with Crippen molar-refractivity contribution in [3.8, 4) is 11.8 Å². The van der Waals surface area contributed by atoms with E-state index in [1.54, 1.807) is 19.2 Å². The highest BCUT2D eigenvalue weighted by Gasteiger charge is 2.00. The Morgan fingerprint density at radius 1 is 1.67 bits per heavy atom. The highest BCUT2D eigenvalue weighted by Crippen LogP contribution is 2.11.